The predicted octanol–water partition coefficient (Wildman–Crippen LogP) is 2.25. The molecule has 6 nitrogen and oxygen atoms in total. The number of aliphatic hydroxyl groups is 1. The third-order valence-corrected chi connectivity index (χ3v) is 4.77. The van der Waals surface area contributed by atoms with Crippen molar-refractivity contribution in [1.29, 1.82) is 0 Å². The quantitative estimate of drug-likeness (QED) is 0.781. The molecular weight excluding hydrogens is 306 g/mol. The minimum absolute atomic E-state index is 0.180. The molecule has 1 aromatic heterocycles. The summed E-state index contributed by atoms with van der Waals surface area (Å²) in [5.41, 5.74) is 1.78. The van der Waals surface area contributed by atoms with Gasteiger partial charge in [-0.15, -0.1) is 0 Å². The fourth-order valence-corrected chi connectivity index (χ4v) is 3.45. The molecule has 1 amide bonds. The molecule has 0 aromatic carbocycles. The first-order valence-electron chi connectivity index (χ1n) is 9.03. The molecule has 0 bridgehead atoms. The van der Waals surface area contributed by atoms with E-state index in [1.165, 1.54) is 24.8 Å². The molecule has 1 saturated heterocycles. The average Bonchev–Trinajstić information content (AvgIpc) is 3.04. The van der Waals surface area contributed by atoms with E-state index in [0.717, 1.165) is 32.2 Å². The standard InChI is InChI=1S/C18H27N3O3/c22-15-7-4-10-21(12-15)13-16-11-17(20-24-16)18(23)19-9-8-14-5-2-1-3-6-14/h5,11,15,22H,1-4,6-10,12-13H2,(H,19,23). The molecule has 0 saturated carbocycles. The van der Waals surface area contributed by atoms with Gasteiger partial charge in [0, 0.05) is 19.2 Å². The summed E-state index contributed by atoms with van der Waals surface area (Å²) in [6, 6.07) is 1.70. The summed E-state index contributed by atoms with van der Waals surface area (Å²) in [6.07, 6.45) is 9.67. The van der Waals surface area contributed by atoms with Crippen LogP contribution in [0.4, 0.5) is 0 Å². The van der Waals surface area contributed by atoms with E-state index in [2.05, 4.69) is 21.4 Å². The van der Waals surface area contributed by atoms with E-state index in [4.69, 9.17) is 4.52 Å². The summed E-state index contributed by atoms with van der Waals surface area (Å²) < 4.78 is 5.27. The van der Waals surface area contributed by atoms with Crippen LogP contribution in [0.3, 0.4) is 0 Å². The van der Waals surface area contributed by atoms with E-state index in [-0.39, 0.29) is 12.0 Å². The van der Waals surface area contributed by atoms with E-state index in [0.29, 0.717) is 31.1 Å². The fourth-order valence-electron chi connectivity index (χ4n) is 3.45. The van der Waals surface area contributed by atoms with Crippen molar-refractivity contribution in [2.45, 2.75) is 57.6 Å². The molecular formula is C18H27N3O3. The fraction of sp³-hybridized carbons (Fsp3) is 0.667. The van der Waals surface area contributed by atoms with Crippen molar-refractivity contribution in [3.63, 3.8) is 0 Å². The Morgan fingerprint density at radius 1 is 1.42 bits per heavy atom. The Labute approximate surface area is 142 Å². The number of β-amino-alcohol motifs (C(OH)–C–C–N with tert-alkyl or cyclic N) is 1. The Morgan fingerprint density at radius 2 is 2.33 bits per heavy atom. The van der Waals surface area contributed by atoms with Crippen molar-refractivity contribution in [2.24, 2.45) is 0 Å². The lowest BCUT2D eigenvalue weighted by atomic mass is 9.97. The zero-order chi connectivity index (χ0) is 16.8. The Balaban J connectivity index is 1.44. The number of nitrogens with zero attached hydrogens (tertiary/aromatic N) is 2. The van der Waals surface area contributed by atoms with Gasteiger partial charge < -0.3 is 14.9 Å². The number of piperidine rings is 1. The molecule has 6 heteroatoms. The number of hydrogen-bond acceptors (Lipinski definition) is 5. The maximum atomic E-state index is 12.1. The molecule has 1 aliphatic carbocycles. The zero-order valence-electron chi connectivity index (χ0n) is 14.2. The number of hydrogen-bond donors (Lipinski definition) is 2. The number of likely N-dealkylation sites (tertiary alicyclic amines) is 1. The predicted molar refractivity (Wildman–Crippen MR) is 90.5 cm³/mol. The summed E-state index contributed by atoms with van der Waals surface area (Å²) >= 11 is 0. The number of carbonyl (C=O) groups excluding carboxylic acids is 1. The first-order valence-corrected chi connectivity index (χ1v) is 9.03. The van der Waals surface area contributed by atoms with Gasteiger partial charge in [0.1, 0.15) is 0 Å². The summed E-state index contributed by atoms with van der Waals surface area (Å²) in [5.74, 6) is 0.490. The van der Waals surface area contributed by atoms with E-state index >= 15 is 0 Å². The van der Waals surface area contributed by atoms with Gasteiger partial charge in [0.2, 0.25) is 0 Å². The van der Waals surface area contributed by atoms with Crippen LogP contribution in [0.15, 0.2) is 22.2 Å². The van der Waals surface area contributed by atoms with Crippen LogP contribution in [-0.2, 0) is 6.54 Å². The average molecular weight is 333 g/mol. The number of nitrogens with one attached hydrogen (secondary N) is 1. The molecule has 24 heavy (non-hydrogen) atoms. The van der Waals surface area contributed by atoms with Gasteiger partial charge in [-0.3, -0.25) is 9.69 Å². The van der Waals surface area contributed by atoms with Crippen molar-refractivity contribution >= 4 is 5.91 Å². The molecule has 1 atom stereocenters. The lowest BCUT2D eigenvalue weighted by Gasteiger charge is -2.28. The van der Waals surface area contributed by atoms with Crippen molar-refractivity contribution < 1.29 is 14.4 Å². The minimum Gasteiger partial charge on any atom is -0.392 e. The van der Waals surface area contributed by atoms with Crippen LogP contribution < -0.4 is 5.32 Å². The van der Waals surface area contributed by atoms with E-state index < -0.39 is 0 Å². The first-order chi connectivity index (χ1) is 11.7. The van der Waals surface area contributed by atoms with E-state index in [9.17, 15) is 9.90 Å². The second-order valence-electron chi connectivity index (χ2n) is 6.82. The van der Waals surface area contributed by atoms with Crippen LogP contribution in [0.5, 0.6) is 0 Å². The lowest BCUT2D eigenvalue weighted by Crippen LogP contribution is -2.37. The van der Waals surface area contributed by atoms with Crippen molar-refractivity contribution in [3.05, 3.63) is 29.2 Å². The largest absolute Gasteiger partial charge is 0.392 e. The van der Waals surface area contributed by atoms with Gasteiger partial charge in [0.05, 0.1) is 12.6 Å². The van der Waals surface area contributed by atoms with Crippen LogP contribution in [0.25, 0.3) is 0 Å². The summed E-state index contributed by atoms with van der Waals surface area (Å²) in [6.45, 7) is 2.82. The Morgan fingerprint density at radius 3 is 3.12 bits per heavy atom. The number of aliphatic hydroxyl groups excluding tert-OH is 1. The molecule has 2 N–H and O–H groups in total. The SMILES string of the molecule is O=C(NCCC1=CCCCC1)c1cc(CN2CCCC(O)C2)on1. The number of aromatic nitrogens is 1. The van der Waals surface area contributed by atoms with Gasteiger partial charge in [-0.1, -0.05) is 16.8 Å². The normalized spacial score (nSPS) is 22.2. The van der Waals surface area contributed by atoms with E-state index in [1.807, 2.05) is 0 Å². The lowest BCUT2D eigenvalue weighted by molar-refractivity contribution is 0.0622. The highest BCUT2D eigenvalue weighted by molar-refractivity contribution is 5.92. The third kappa shape index (κ3) is 4.92. The van der Waals surface area contributed by atoms with Crippen LogP contribution in [0.2, 0.25) is 0 Å². The van der Waals surface area contributed by atoms with Gasteiger partial charge in [-0.2, -0.15) is 0 Å². The van der Waals surface area contributed by atoms with Crippen LogP contribution in [-0.4, -0.2) is 46.8 Å². The molecule has 1 aliphatic heterocycles. The monoisotopic (exact) mass is 333 g/mol. The maximum Gasteiger partial charge on any atom is 0.273 e. The second kappa shape index (κ2) is 8.44. The van der Waals surface area contributed by atoms with Gasteiger partial charge in [-0.05, 0) is 51.5 Å². The summed E-state index contributed by atoms with van der Waals surface area (Å²) in [4.78, 5) is 14.3. The smallest absolute Gasteiger partial charge is 0.273 e. The van der Waals surface area contributed by atoms with Gasteiger partial charge in [-0.25, -0.2) is 0 Å². The molecule has 1 fully saturated rings. The van der Waals surface area contributed by atoms with Gasteiger partial charge in [0.15, 0.2) is 11.5 Å². The Bertz CT molecular complexity index is 582. The maximum absolute atomic E-state index is 12.1. The first kappa shape index (κ1) is 17.2. The van der Waals surface area contributed by atoms with Gasteiger partial charge >= 0.3 is 0 Å². The molecule has 2 aliphatic rings. The molecule has 3 rings (SSSR count). The number of amides is 1. The topological polar surface area (TPSA) is 78.6 Å². The summed E-state index contributed by atoms with van der Waals surface area (Å²) in [7, 11) is 0. The van der Waals surface area contributed by atoms with Crippen molar-refractivity contribution in [3.8, 4) is 0 Å². The van der Waals surface area contributed by atoms with Crippen molar-refractivity contribution in [2.75, 3.05) is 19.6 Å². The van der Waals surface area contributed by atoms with Crippen molar-refractivity contribution in [1.82, 2.24) is 15.4 Å². The van der Waals surface area contributed by atoms with Crippen LogP contribution >= 0.6 is 0 Å². The molecule has 132 valence electrons. The highest BCUT2D eigenvalue weighted by atomic mass is 16.5. The van der Waals surface area contributed by atoms with E-state index in [1.54, 1.807) is 6.07 Å². The van der Waals surface area contributed by atoms with Gasteiger partial charge in [0.25, 0.3) is 5.91 Å². The molecule has 2 heterocycles. The zero-order valence-corrected chi connectivity index (χ0v) is 14.2. The molecule has 1 unspecified atom stereocenters. The highest BCUT2D eigenvalue weighted by Gasteiger charge is 2.20. The van der Waals surface area contributed by atoms with Crippen LogP contribution in [0, 0.1) is 0 Å². The molecule has 1 aromatic rings. The van der Waals surface area contributed by atoms with Crippen LogP contribution in [0.1, 0.15) is 61.2 Å². The minimum atomic E-state index is -0.265. The number of rotatable bonds is 6. The summed E-state index contributed by atoms with van der Waals surface area (Å²) in [5, 5.41) is 16.5. The number of allylic oxidation sites excluding steroid dienone is 1. The third-order valence-electron chi connectivity index (χ3n) is 4.77. The Kier molecular flexibility index (Phi) is 6.04. The molecule has 0 radical (unpaired) electrons. The Hall–Kier alpha value is -1.66. The number of carbonyl (C=O) groups is 1. The molecule has 0 spiro atoms. The highest BCUT2D eigenvalue weighted by Crippen LogP contribution is 2.19. The second-order valence-corrected chi connectivity index (χ2v) is 6.82.